The lowest BCUT2D eigenvalue weighted by atomic mass is 10.1. The third-order valence-corrected chi connectivity index (χ3v) is 5.10. The number of carbonyl (C=O) groups excluding carboxylic acids is 2. The van der Waals surface area contributed by atoms with Crippen LogP contribution in [0.25, 0.3) is 0 Å². The molecule has 0 aliphatic rings. The summed E-state index contributed by atoms with van der Waals surface area (Å²) in [5.41, 5.74) is 0.323. The van der Waals surface area contributed by atoms with Crippen molar-refractivity contribution >= 4 is 51.5 Å². The van der Waals surface area contributed by atoms with Gasteiger partial charge in [0.1, 0.15) is 6.54 Å². The molecule has 0 saturated heterocycles. The fraction of sp³-hybridized carbons (Fsp3) is 0.353. The summed E-state index contributed by atoms with van der Waals surface area (Å²) in [6.45, 7) is 5.68. The monoisotopic (exact) mass is 399 g/mol. The third-order valence-electron chi connectivity index (χ3n) is 3.73. The predicted molar refractivity (Wildman–Crippen MR) is 103 cm³/mol. The van der Waals surface area contributed by atoms with Gasteiger partial charge in [0, 0.05) is 22.1 Å². The quantitative estimate of drug-likeness (QED) is 0.769. The summed E-state index contributed by atoms with van der Waals surface area (Å²) < 4.78 is 0. The molecule has 0 saturated carbocycles. The Kier molecular flexibility index (Phi) is 6.81. The molecule has 0 spiro atoms. The van der Waals surface area contributed by atoms with Crippen LogP contribution >= 0.6 is 34.5 Å². The molecule has 2 amide bonds. The Morgan fingerprint density at radius 1 is 1.36 bits per heavy atom. The molecule has 1 unspecified atom stereocenters. The minimum absolute atomic E-state index is 0.0780. The van der Waals surface area contributed by atoms with Gasteiger partial charge in [0.25, 0.3) is 5.91 Å². The molecular weight excluding hydrogens is 381 g/mol. The van der Waals surface area contributed by atoms with Crippen molar-refractivity contribution in [1.29, 1.82) is 0 Å². The number of aromatic nitrogens is 1. The van der Waals surface area contributed by atoms with Gasteiger partial charge in [-0.1, -0.05) is 30.1 Å². The smallest absolute Gasteiger partial charge is 0.256 e. The number of amides is 2. The molecule has 2 rings (SSSR count). The van der Waals surface area contributed by atoms with E-state index in [-0.39, 0.29) is 29.4 Å². The molecule has 0 aliphatic heterocycles. The first kappa shape index (κ1) is 19.7. The minimum atomic E-state index is -0.304. The zero-order valence-corrected chi connectivity index (χ0v) is 16.5. The summed E-state index contributed by atoms with van der Waals surface area (Å²) in [6, 6.07) is 4.57. The van der Waals surface area contributed by atoms with E-state index in [1.807, 2.05) is 20.8 Å². The van der Waals surface area contributed by atoms with Crippen molar-refractivity contribution in [2.24, 2.45) is 0 Å². The molecule has 5 nitrogen and oxygen atoms in total. The van der Waals surface area contributed by atoms with Crippen molar-refractivity contribution in [3.63, 3.8) is 0 Å². The molecule has 1 aromatic carbocycles. The number of thiazole rings is 1. The van der Waals surface area contributed by atoms with E-state index < -0.39 is 0 Å². The molecule has 25 heavy (non-hydrogen) atoms. The van der Waals surface area contributed by atoms with E-state index >= 15 is 0 Å². The molecular formula is C17H19Cl2N3O2S. The molecule has 1 aromatic heterocycles. The number of nitrogens with one attached hydrogen (secondary N) is 1. The van der Waals surface area contributed by atoms with Gasteiger partial charge in [-0.2, -0.15) is 0 Å². The number of hydrogen-bond acceptors (Lipinski definition) is 4. The van der Waals surface area contributed by atoms with Crippen LogP contribution in [-0.2, 0) is 4.79 Å². The van der Waals surface area contributed by atoms with Gasteiger partial charge in [-0.15, -0.1) is 11.3 Å². The molecule has 0 radical (unpaired) electrons. The van der Waals surface area contributed by atoms with Gasteiger partial charge >= 0.3 is 0 Å². The number of halogens is 2. The zero-order chi connectivity index (χ0) is 18.6. The number of aryl methyl sites for hydroxylation is 1. The standard InChI is InChI=1S/C17H19Cl2N3O2S/c1-4-10(2)22(9-15(23)21-17-20-8-11(3)25-17)16(24)13-6-5-12(18)7-14(13)19/h5-8,10H,4,9H2,1-3H3,(H,20,21,23). The Morgan fingerprint density at radius 3 is 2.64 bits per heavy atom. The second kappa shape index (κ2) is 8.65. The summed E-state index contributed by atoms with van der Waals surface area (Å²) in [5, 5.41) is 3.96. The maximum Gasteiger partial charge on any atom is 0.256 e. The zero-order valence-electron chi connectivity index (χ0n) is 14.2. The number of rotatable bonds is 6. The summed E-state index contributed by atoms with van der Waals surface area (Å²) in [4.78, 5) is 31.8. The Morgan fingerprint density at radius 2 is 2.08 bits per heavy atom. The van der Waals surface area contributed by atoms with Gasteiger partial charge in [-0.05, 0) is 38.5 Å². The second-order valence-corrected chi connectivity index (χ2v) is 7.72. The van der Waals surface area contributed by atoms with Gasteiger partial charge in [-0.25, -0.2) is 4.98 Å². The number of anilines is 1. The van der Waals surface area contributed by atoms with Gasteiger partial charge < -0.3 is 10.2 Å². The largest absolute Gasteiger partial charge is 0.327 e. The Hall–Kier alpha value is -1.63. The molecule has 134 valence electrons. The summed E-state index contributed by atoms with van der Waals surface area (Å²) >= 11 is 13.4. The highest BCUT2D eigenvalue weighted by Gasteiger charge is 2.25. The Labute approximate surface area is 161 Å². The SMILES string of the molecule is CCC(C)N(CC(=O)Nc1ncc(C)s1)C(=O)c1ccc(Cl)cc1Cl. The van der Waals surface area contributed by atoms with E-state index in [2.05, 4.69) is 10.3 Å². The lowest BCUT2D eigenvalue weighted by Gasteiger charge is -2.28. The van der Waals surface area contributed by atoms with Crippen LogP contribution < -0.4 is 5.32 Å². The maximum atomic E-state index is 12.9. The molecule has 0 fully saturated rings. The van der Waals surface area contributed by atoms with Gasteiger partial charge in [0.05, 0.1) is 10.6 Å². The first-order valence-electron chi connectivity index (χ1n) is 7.80. The van der Waals surface area contributed by atoms with Crippen molar-refractivity contribution in [1.82, 2.24) is 9.88 Å². The van der Waals surface area contributed by atoms with E-state index in [1.165, 1.54) is 22.3 Å². The summed E-state index contributed by atoms with van der Waals surface area (Å²) in [6.07, 6.45) is 2.39. The van der Waals surface area contributed by atoms with Crippen LogP contribution in [0.4, 0.5) is 5.13 Å². The van der Waals surface area contributed by atoms with Crippen LogP contribution in [0, 0.1) is 6.92 Å². The van der Waals surface area contributed by atoms with Crippen LogP contribution in [-0.4, -0.2) is 34.3 Å². The molecule has 2 aromatic rings. The minimum Gasteiger partial charge on any atom is -0.327 e. The second-order valence-electron chi connectivity index (χ2n) is 5.64. The van der Waals surface area contributed by atoms with E-state index in [9.17, 15) is 9.59 Å². The van der Waals surface area contributed by atoms with E-state index in [4.69, 9.17) is 23.2 Å². The van der Waals surface area contributed by atoms with Gasteiger partial charge in [0.15, 0.2) is 5.13 Å². The van der Waals surface area contributed by atoms with Crippen molar-refractivity contribution in [3.05, 3.63) is 44.9 Å². The van der Waals surface area contributed by atoms with Crippen LogP contribution in [0.3, 0.4) is 0 Å². The van der Waals surface area contributed by atoms with Crippen molar-refractivity contribution < 1.29 is 9.59 Å². The summed E-state index contributed by atoms with van der Waals surface area (Å²) in [5.74, 6) is -0.602. The molecule has 0 aliphatic carbocycles. The molecule has 1 atom stereocenters. The van der Waals surface area contributed by atoms with E-state index in [1.54, 1.807) is 18.3 Å². The lowest BCUT2D eigenvalue weighted by molar-refractivity contribution is -0.117. The molecule has 0 bridgehead atoms. The van der Waals surface area contributed by atoms with Crippen LogP contribution in [0.15, 0.2) is 24.4 Å². The Bertz CT molecular complexity index is 779. The van der Waals surface area contributed by atoms with E-state index in [0.29, 0.717) is 22.1 Å². The van der Waals surface area contributed by atoms with Gasteiger partial charge in [-0.3, -0.25) is 9.59 Å². The van der Waals surface area contributed by atoms with E-state index in [0.717, 1.165) is 4.88 Å². The number of hydrogen-bond donors (Lipinski definition) is 1. The number of carbonyl (C=O) groups is 2. The number of benzene rings is 1. The van der Waals surface area contributed by atoms with Crippen molar-refractivity contribution in [2.75, 3.05) is 11.9 Å². The van der Waals surface area contributed by atoms with Crippen molar-refractivity contribution in [2.45, 2.75) is 33.2 Å². The molecule has 1 N–H and O–H groups in total. The maximum absolute atomic E-state index is 12.9. The summed E-state index contributed by atoms with van der Waals surface area (Å²) in [7, 11) is 0. The first-order chi connectivity index (χ1) is 11.8. The normalized spacial score (nSPS) is 11.9. The topological polar surface area (TPSA) is 62.3 Å². The molecule has 1 heterocycles. The van der Waals surface area contributed by atoms with Crippen LogP contribution in [0.1, 0.15) is 35.5 Å². The average molecular weight is 400 g/mol. The Balaban J connectivity index is 2.17. The predicted octanol–water partition coefficient (Wildman–Crippen LogP) is 4.64. The number of nitrogens with zero attached hydrogens (tertiary/aromatic N) is 2. The van der Waals surface area contributed by atoms with Gasteiger partial charge in [0.2, 0.25) is 5.91 Å². The highest BCUT2D eigenvalue weighted by molar-refractivity contribution is 7.15. The molecule has 8 heteroatoms. The third kappa shape index (κ3) is 5.17. The highest BCUT2D eigenvalue weighted by Crippen LogP contribution is 2.23. The first-order valence-corrected chi connectivity index (χ1v) is 9.37. The highest BCUT2D eigenvalue weighted by atomic mass is 35.5. The van der Waals surface area contributed by atoms with Crippen LogP contribution in [0.5, 0.6) is 0 Å². The average Bonchev–Trinajstić information content (AvgIpc) is 2.96. The van der Waals surface area contributed by atoms with Crippen LogP contribution in [0.2, 0.25) is 10.0 Å². The lowest BCUT2D eigenvalue weighted by Crippen LogP contribution is -2.43. The fourth-order valence-electron chi connectivity index (χ4n) is 2.19. The fourth-order valence-corrected chi connectivity index (χ4v) is 3.36. The van der Waals surface area contributed by atoms with Crippen molar-refractivity contribution in [3.8, 4) is 0 Å².